The quantitative estimate of drug-likeness (QED) is 0.414. The van der Waals surface area contributed by atoms with Crippen LogP contribution in [-0.4, -0.2) is 32.1 Å². The maximum absolute atomic E-state index is 11.8. The summed E-state index contributed by atoms with van der Waals surface area (Å²) in [6, 6.07) is 11.6. The summed E-state index contributed by atoms with van der Waals surface area (Å²) in [5.74, 6) is -0.255. The number of benzene rings is 2. The SMILES string of the molecule is COc1ccc(OCCNC(=O)C(=O)Nc2ccc(N)cc2Cl)cc1. The smallest absolute Gasteiger partial charge is 0.313 e. The normalized spacial score (nSPS) is 10.0. The van der Waals surface area contributed by atoms with Gasteiger partial charge in [-0.05, 0) is 42.5 Å². The van der Waals surface area contributed by atoms with E-state index in [1.807, 2.05) is 0 Å². The number of nitrogens with one attached hydrogen (secondary N) is 2. The molecule has 0 saturated heterocycles. The average molecular weight is 364 g/mol. The van der Waals surface area contributed by atoms with Gasteiger partial charge in [0.2, 0.25) is 0 Å². The fourth-order valence-corrected chi connectivity index (χ4v) is 2.13. The largest absolute Gasteiger partial charge is 0.497 e. The fraction of sp³-hybridized carbons (Fsp3) is 0.176. The van der Waals surface area contributed by atoms with Crippen LogP contribution in [0.1, 0.15) is 0 Å². The number of nitrogen functional groups attached to an aromatic ring is 1. The summed E-state index contributed by atoms with van der Waals surface area (Å²) in [7, 11) is 1.58. The van der Waals surface area contributed by atoms with Gasteiger partial charge in [0.15, 0.2) is 0 Å². The van der Waals surface area contributed by atoms with E-state index in [1.54, 1.807) is 37.4 Å². The van der Waals surface area contributed by atoms with Crippen LogP contribution >= 0.6 is 11.6 Å². The van der Waals surface area contributed by atoms with E-state index < -0.39 is 11.8 Å². The molecular formula is C17H18ClN3O4. The molecule has 0 unspecified atom stereocenters. The van der Waals surface area contributed by atoms with Crippen LogP contribution in [0.4, 0.5) is 11.4 Å². The van der Waals surface area contributed by atoms with Gasteiger partial charge in [0.05, 0.1) is 24.4 Å². The maximum atomic E-state index is 11.8. The minimum Gasteiger partial charge on any atom is -0.497 e. The lowest BCUT2D eigenvalue weighted by molar-refractivity contribution is -0.136. The predicted octanol–water partition coefficient (Wildman–Crippen LogP) is 2.06. The van der Waals surface area contributed by atoms with Crippen molar-refractivity contribution in [3.63, 3.8) is 0 Å². The summed E-state index contributed by atoms with van der Waals surface area (Å²) < 4.78 is 10.5. The topological polar surface area (TPSA) is 103 Å². The van der Waals surface area contributed by atoms with Crippen molar-refractivity contribution in [3.8, 4) is 11.5 Å². The Labute approximate surface area is 150 Å². The number of carbonyl (C=O) groups is 2. The standard InChI is InChI=1S/C17H18ClN3O4/c1-24-12-3-5-13(6-4-12)25-9-8-20-16(22)17(23)21-15-7-2-11(19)10-14(15)18/h2-7,10H,8-9,19H2,1H3,(H,20,22)(H,21,23). The van der Waals surface area contributed by atoms with Crippen LogP contribution in [0.25, 0.3) is 0 Å². The van der Waals surface area contributed by atoms with Gasteiger partial charge in [0, 0.05) is 5.69 Å². The lowest BCUT2D eigenvalue weighted by atomic mass is 10.3. The van der Waals surface area contributed by atoms with E-state index in [-0.39, 0.29) is 18.2 Å². The second-order valence-corrected chi connectivity index (χ2v) is 5.38. The first-order valence-corrected chi connectivity index (χ1v) is 7.78. The molecule has 0 aliphatic heterocycles. The highest BCUT2D eigenvalue weighted by molar-refractivity contribution is 6.41. The van der Waals surface area contributed by atoms with E-state index in [2.05, 4.69) is 10.6 Å². The van der Waals surface area contributed by atoms with Crippen molar-refractivity contribution in [2.24, 2.45) is 0 Å². The molecular weight excluding hydrogens is 346 g/mol. The second kappa shape index (κ2) is 8.79. The molecule has 8 heteroatoms. The minimum absolute atomic E-state index is 0.174. The molecule has 2 amide bonds. The molecule has 0 spiro atoms. The Kier molecular flexibility index (Phi) is 6.47. The van der Waals surface area contributed by atoms with Crippen LogP contribution in [0.2, 0.25) is 5.02 Å². The summed E-state index contributed by atoms with van der Waals surface area (Å²) in [5.41, 5.74) is 6.34. The summed E-state index contributed by atoms with van der Waals surface area (Å²) in [4.78, 5) is 23.6. The molecule has 25 heavy (non-hydrogen) atoms. The molecule has 0 heterocycles. The van der Waals surface area contributed by atoms with Crippen molar-refractivity contribution < 1.29 is 19.1 Å². The van der Waals surface area contributed by atoms with Crippen LogP contribution in [0.3, 0.4) is 0 Å². The van der Waals surface area contributed by atoms with E-state index >= 15 is 0 Å². The molecule has 0 aliphatic carbocycles. The first-order valence-electron chi connectivity index (χ1n) is 7.40. The zero-order valence-electron chi connectivity index (χ0n) is 13.5. The Morgan fingerprint density at radius 1 is 1.08 bits per heavy atom. The number of carbonyl (C=O) groups excluding carboxylic acids is 2. The van der Waals surface area contributed by atoms with Crippen LogP contribution in [0.15, 0.2) is 42.5 Å². The Morgan fingerprint density at radius 3 is 2.40 bits per heavy atom. The van der Waals surface area contributed by atoms with E-state index in [1.165, 1.54) is 12.1 Å². The third-order valence-electron chi connectivity index (χ3n) is 3.16. The zero-order chi connectivity index (χ0) is 18.2. The summed E-state index contributed by atoms with van der Waals surface area (Å²) in [6.45, 7) is 0.391. The number of hydrogen-bond donors (Lipinski definition) is 3. The number of anilines is 2. The third-order valence-corrected chi connectivity index (χ3v) is 3.48. The van der Waals surface area contributed by atoms with Gasteiger partial charge in [0.1, 0.15) is 18.1 Å². The Balaban J connectivity index is 1.74. The number of ether oxygens (including phenoxy) is 2. The van der Waals surface area contributed by atoms with Crippen molar-refractivity contribution in [1.29, 1.82) is 0 Å². The molecule has 2 aromatic carbocycles. The molecule has 0 bridgehead atoms. The Bertz CT molecular complexity index is 750. The van der Waals surface area contributed by atoms with Crippen molar-refractivity contribution in [2.75, 3.05) is 31.3 Å². The number of methoxy groups -OCH3 is 1. The Morgan fingerprint density at radius 2 is 1.76 bits per heavy atom. The maximum Gasteiger partial charge on any atom is 0.313 e. The zero-order valence-corrected chi connectivity index (χ0v) is 14.3. The molecule has 0 saturated carbocycles. The van der Waals surface area contributed by atoms with Crippen molar-refractivity contribution in [2.45, 2.75) is 0 Å². The third kappa shape index (κ3) is 5.58. The van der Waals surface area contributed by atoms with Gasteiger partial charge in [-0.15, -0.1) is 0 Å². The highest BCUT2D eigenvalue weighted by atomic mass is 35.5. The molecule has 0 aromatic heterocycles. The van der Waals surface area contributed by atoms with Gasteiger partial charge >= 0.3 is 11.8 Å². The summed E-state index contributed by atoms with van der Waals surface area (Å²) >= 11 is 5.94. The number of hydrogen-bond acceptors (Lipinski definition) is 5. The predicted molar refractivity (Wildman–Crippen MR) is 96.0 cm³/mol. The lowest BCUT2D eigenvalue weighted by Crippen LogP contribution is -2.37. The molecule has 0 atom stereocenters. The average Bonchev–Trinajstić information content (AvgIpc) is 2.61. The highest BCUT2D eigenvalue weighted by Crippen LogP contribution is 2.23. The van der Waals surface area contributed by atoms with Crippen LogP contribution in [-0.2, 0) is 9.59 Å². The monoisotopic (exact) mass is 363 g/mol. The summed E-state index contributed by atoms with van der Waals surface area (Å²) in [6.07, 6.45) is 0. The van der Waals surface area contributed by atoms with Gasteiger partial charge in [-0.2, -0.15) is 0 Å². The van der Waals surface area contributed by atoms with E-state index in [4.69, 9.17) is 26.8 Å². The van der Waals surface area contributed by atoms with Crippen molar-refractivity contribution in [1.82, 2.24) is 5.32 Å². The molecule has 0 aliphatic rings. The second-order valence-electron chi connectivity index (χ2n) is 4.97. The van der Waals surface area contributed by atoms with Crippen LogP contribution in [0.5, 0.6) is 11.5 Å². The lowest BCUT2D eigenvalue weighted by Gasteiger charge is -2.09. The molecule has 0 radical (unpaired) electrons. The highest BCUT2D eigenvalue weighted by Gasteiger charge is 2.14. The van der Waals surface area contributed by atoms with Crippen molar-refractivity contribution in [3.05, 3.63) is 47.5 Å². The first-order chi connectivity index (χ1) is 12.0. The van der Waals surface area contributed by atoms with Gasteiger partial charge in [-0.25, -0.2) is 0 Å². The number of halogens is 1. The van der Waals surface area contributed by atoms with Crippen LogP contribution < -0.4 is 25.8 Å². The molecule has 132 valence electrons. The molecule has 0 fully saturated rings. The van der Waals surface area contributed by atoms with Gasteiger partial charge in [0.25, 0.3) is 0 Å². The van der Waals surface area contributed by atoms with E-state index in [0.717, 1.165) is 5.75 Å². The Hall–Kier alpha value is -2.93. The van der Waals surface area contributed by atoms with Crippen molar-refractivity contribution >= 4 is 34.8 Å². The molecule has 2 rings (SSSR count). The molecule has 2 aromatic rings. The summed E-state index contributed by atoms with van der Waals surface area (Å²) in [5, 5.41) is 5.13. The molecule has 4 N–H and O–H groups in total. The van der Waals surface area contributed by atoms with Crippen LogP contribution in [0, 0.1) is 0 Å². The fourth-order valence-electron chi connectivity index (χ4n) is 1.90. The van der Waals surface area contributed by atoms with E-state index in [0.29, 0.717) is 17.1 Å². The van der Waals surface area contributed by atoms with E-state index in [9.17, 15) is 9.59 Å². The first kappa shape index (κ1) is 18.4. The number of amides is 2. The molecule has 7 nitrogen and oxygen atoms in total. The van der Waals surface area contributed by atoms with Gasteiger partial charge in [-0.3, -0.25) is 9.59 Å². The number of rotatable bonds is 6. The van der Waals surface area contributed by atoms with Gasteiger partial charge < -0.3 is 25.8 Å². The number of nitrogens with two attached hydrogens (primary N) is 1. The van der Waals surface area contributed by atoms with Gasteiger partial charge in [-0.1, -0.05) is 11.6 Å². The minimum atomic E-state index is -0.823.